The third kappa shape index (κ3) is 4.00. The van der Waals surface area contributed by atoms with Crippen LogP contribution in [0.25, 0.3) is 0 Å². The molecule has 5 nitrogen and oxygen atoms in total. The summed E-state index contributed by atoms with van der Waals surface area (Å²) in [7, 11) is 1.57. The van der Waals surface area contributed by atoms with Gasteiger partial charge < -0.3 is 15.2 Å². The van der Waals surface area contributed by atoms with Gasteiger partial charge in [-0.05, 0) is 19.3 Å². The predicted molar refractivity (Wildman–Crippen MR) is 62.7 cm³/mol. The normalized spacial score (nSPS) is 18.6. The molecule has 0 unspecified atom stereocenters. The summed E-state index contributed by atoms with van der Waals surface area (Å²) in [5.74, 6) is -0.927. The van der Waals surface area contributed by atoms with Crippen molar-refractivity contribution >= 4 is 11.9 Å². The van der Waals surface area contributed by atoms with Crippen molar-refractivity contribution in [1.29, 1.82) is 0 Å². The molecule has 1 rings (SSSR count). The molecule has 98 valence electrons. The molecule has 5 heteroatoms. The molecule has 0 bridgehead atoms. The number of aliphatic carboxylic acids is 1. The second-order valence-corrected chi connectivity index (χ2v) is 4.51. The van der Waals surface area contributed by atoms with E-state index in [0.29, 0.717) is 13.0 Å². The van der Waals surface area contributed by atoms with Crippen molar-refractivity contribution in [2.24, 2.45) is 0 Å². The van der Waals surface area contributed by atoms with Crippen LogP contribution in [0, 0.1) is 0 Å². The molecule has 0 aromatic rings. The summed E-state index contributed by atoms with van der Waals surface area (Å²) in [4.78, 5) is 22.3. The first-order valence-corrected chi connectivity index (χ1v) is 6.16. The molecule has 0 aromatic carbocycles. The summed E-state index contributed by atoms with van der Waals surface area (Å²) >= 11 is 0. The minimum atomic E-state index is -0.835. The Labute approximate surface area is 102 Å². The number of hydrogen-bond acceptors (Lipinski definition) is 3. The van der Waals surface area contributed by atoms with Gasteiger partial charge in [0.15, 0.2) is 0 Å². The number of carboxylic acids is 1. The predicted octanol–water partition coefficient (Wildman–Crippen LogP) is 1.32. The molecule has 1 amide bonds. The zero-order valence-corrected chi connectivity index (χ0v) is 10.3. The fourth-order valence-corrected chi connectivity index (χ4v) is 2.25. The number of carboxylic acid groups (broad SMARTS) is 1. The van der Waals surface area contributed by atoms with E-state index in [1.807, 2.05) is 0 Å². The molecule has 2 N–H and O–H groups in total. The summed E-state index contributed by atoms with van der Waals surface area (Å²) < 4.78 is 5.39. The van der Waals surface area contributed by atoms with Crippen molar-refractivity contribution in [3.63, 3.8) is 0 Å². The fourth-order valence-electron chi connectivity index (χ4n) is 2.25. The van der Waals surface area contributed by atoms with E-state index in [2.05, 4.69) is 5.32 Å². The summed E-state index contributed by atoms with van der Waals surface area (Å²) in [6.07, 6.45) is 5.23. The van der Waals surface area contributed by atoms with Crippen LogP contribution < -0.4 is 5.32 Å². The van der Waals surface area contributed by atoms with Crippen LogP contribution in [0.1, 0.15) is 44.9 Å². The molecule has 1 fully saturated rings. The monoisotopic (exact) mass is 243 g/mol. The number of rotatable bonds is 6. The third-order valence-corrected chi connectivity index (χ3v) is 3.32. The molecule has 0 atom stereocenters. The lowest BCUT2D eigenvalue weighted by Gasteiger charge is -2.34. The maximum atomic E-state index is 12.0. The molecule has 17 heavy (non-hydrogen) atoms. The zero-order chi connectivity index (χ0) is 12.7. The van der Waals surface area contributed by atoms with E-state index in [0.717, 1.165) is 32.1 Å². The summed E-state index contributed by atoms with van der Waals surface area (Å²) in [6.45, 7) is 0.399. The van der Waals surface area contributed by atoms with Gasteiger partial charge in [0.25, 0.3) is 5.91 Å². The highest BCUT2D eigenvalue weighted by Gasteiger charge is 2.39. The first-order chi connectivity index (χ1) is 8.10. The first kappa shape index (κ1) is 14.0. The number of hydrogen-bond donors (Lipinski definition) is 2. The van der Waals surface area contributed by atoms with Crippen molar-refractivity contribution in [1.82, 2.24) is 5.32 Å². The second-order valence-electron chi connectivity index (χ2n) is 4.51. The van der Waals surface area contributed by atoms with E-state index in [4.69, 9.17) is 9.84 Å². The third-order valence-electron chi connectivity index (χ3n) is 3.32. The zero-order valence-electron chi connectivity index (χ0n) is 10.3. The fraction of sp³-hybridized carbons (Fsp3) is 0.833. The van der Waals surface area contributed by atoms with Crippen molar-refractivity contribution in [3.05, 3.63) is 0 Å². The quantitative estimate of drug-likeness (QED) is 0.690. The van der Waals surface area contributed by atoms with E-state index >= 15 is 0 Å². The summed E-state index contributed by atoms with van der Waals surface area (Å²) in [5.41, 5.74) is -0.679. The van der Waals surface area contributed by atoms with Gasteiger partial charge in [-0.1, -0.05) is 19.3 Å². The van der Waals surface area contributed by atoms with Gasteiger partial charge in [-0.3, -0.25) is 9.59 Å². The van der Waals surface area contributed by atoms with Crippen LogP contribution in [0.3, 0.4) is 0 Å². The largest absolute Gasteiger partial charge is 0.481 e. The van der Waals surface area contributed by atoms with E-state index in [-0.39, 0.29) is 12.3 Å². The number of ether oxygens (including phenoxy) is 1. The minimum Gasteiger partial charge on any atom is -0.481 e. The average Bonchev–Trinajstić information content (AvgIpc) is 2.35. The topological polar surface area (TPSA) is 75.6 Å². The molecule has 0 heterocycles. The summed E-state index contributed by atoms with van der Waals surface area (Å²) in [5, 5.41) is 11.3. The lowest BCUT2D eigenvalue weighted by molar-refractivity contribution is -0.147. The molecule has 0 radical (unpaired) electrons. The Balaban J connectivity index is 2.36. The smallest absolute Gasteiger partial charge is 0.303 e. The SMILES string of the molecule is COC1(C(=O)NCCCC(=O)O)CCCCC1. The van der Waals surface area contributed by atoms with Crippen LogP contribution in [0.5, 0.6) is 0 Å². The van der Waals surface area contributed by atoms with Crippen LogP contribution in [0.15, 0.2) is 0 Å². The van der Waals surface area contributed by atoms with Crippen LogP contribution >= 0.6 is 0 Å². The lowest BCUT2D eigenvalue weighted by Crippen LogP contribution is -2.49. The standard InChI is InChI=1S/C12H21NO4/c1-17-12(7-3-2-4-8-12)11(16)13-9-5-6-10(14)15/h2-9H2,1H3,(H,13,16)(H,14,15). The summed E-state index contributed by atoms with van der Waals surface area (Å²) in [6, 6.07) is 0. The highest BCUT2D eigenvalue weighted by molar-refractivity contribution is 5.85. The molecular weight excluding hydrogens is 222 g/mol. The highest BCUT2D eigenvalue weighted by Crippen LogP contribution is 2.31. The maximum Gasteiger partial charge on any atom is 0.303 e. The molecule has 1 saturated carbocycles. The van der Waals surface area contributed by atoms with Crippen molar-refractivity contribution in [3.8, 4) is 0 Å². The second kappa shape index (κ2) is 6.59. The van der Waals surface area contributed by atoms with Gasteiger partial charge in [-0.25, -0.2) is 0 Å². The molecular formula is C12H21NO4. The molecule has 0 aliphatic heterocycles. The Morgan fingerprint density at radius 1 is 1.29 bits per heavy atom. The number of methoxy groups -OCH3 is 1. The molecule has 0 spiro atoms. The Morgan fingerprint density at radius 3 is 2.47 bits per heavy atom. The van der Waals surface area contributed by atoms with Crippen LogP contribution in [-0.2, 0) is 14.3 Å². The van der Waals surface area contributed by atoms with Gasteiger partial charge in [-0.15, -0.1) is 0 Å². The molecule has 0 saturated heterocycles. The Kier molecular flexibility index (Phi) is 5.41. The van der Waals surface area contributed by atoms with Crippen molar-refractivity contribution in [2.75, 3.05) is 13.7 Å². The molecule has 1 aliphatic carbocycles. The first-order valence-electron chi connectivity index (χ1n) is 6.16. The van der Waals surface area contributed by atoms with Gasteiger partial charge in [0.05, 0.1) is 0 Å². The van der Waals surface area contributed by atoms with Gasteiger partial charge in [0.1, 0.15) is 5.60 Å². The van der Waals surface area contributed by atoms with Crippen molar-refractivity contribution < 1.29 is 19.4 Å². The van der Waals surface area contributed by atoms with Gasteiger partial charge in [0, 0.05) is 20.1 Å². The van der Waals surface area contributed by atoms with E-state index in [1.165, 1.54) is 0 Å². The Bertz CT molecular complexity index is 272. The Morgan fingerprint density at radius 2 is 1.94 bits per heavy atom. The van der Waals surface area contributed by atoms with Crippen molar-refractivity contribution in [2.45, 2.75) is 50.5 Å². The van der Waals surface area contributed by atoms with Crippen LogP contribution in [0.2, 0.25) is 0 Å². The van der Waals surface area contributed by atoms with Gasteiger partial charge in [-0.2, -0.15) is 0 Å². The highest BCUT2D eigenvalue weighted by atomic mass is 16.5. The van der Waals surface area contributed by atoms with Crippen LogP contribution in [-0.4, -0.2) is 36.2 Å². The number of carbonyl (C=O) groups is 2. The van der Waals surface area contributed by atoms with Gasteiger partial charge >= 0.3 is 5.97 Å². The number of carbonyl (C=O) groups excluding carboxylic acids is 1. The van der Waals surface area contributed by atoms with Crippen LogP contribution in [0.4, 0.5) is 0 Å². The minimum absolute atomic E-state index is 0.0836. The maximum absolute atomic E-state index is 12.0. The van der Waals surface area contributed by atoms with E-state index in [1.54, 1.807) is 7.11 Å². The van der Waals surface area contributed by atoms with E-state index < -0.39 is 11.6 Å². The number of amides is 1. The van der Waals surface area contributed by atoms with Gasteiger partial charge in [0.2, 0.25) is 0 Å². The molecule has 1 aliphatic rings. The number of nitrogens with one attached hydrogen (secondary N) is 1. The molecule has 0 aromatic heterocycles. The van der Waals surface area contributed by atoms with E-state index in [9.17, 15) is 9.59 Å². The average molecular weight is 243 g/mol. The Hall–Kier alpha value is -1.10. The lowest BCUT2D eigenvalue weighted by atomic mass is 9.84.